The van der Waals surface area contributed by atoms with Gasteiger partial charge in [-0.15, -0.1) is 11.3 Å². The van der Waals surface area contributed by atoms with Crippen molar-refractivity contribution in [2.45, 2.75) is 26.3 Å². The number of aryl methyl sites for hydroxylation is 1. The normalized spacial score (nSPS) is 19.5. The summed E-state index contributed by atoms with van der Waals surface area (Å²) < 4.78 is 0. The lowest BCUT2D eigenvalue weighted by Gasteiger charge is -2.33. The van der Waals surface area contributed by atoms with Crippen molar-refractivity contribution in [3.05, 3.63) is 57.8 Å². The monoisotopic (exact) mass is 424 g/mol. The molecule has 0 spiro atoms. The molecule has 1 saturated heterocycles. The van der Waals surface area contributed by atoms with Crippen LogP contribution in [0.5, 0.6) is 0 Å². The van der Waals surface area contributed by atoms with Gasteiger partial charge in [-0.2, -0.15) is 5.10 Å². The first kappa shape index (κ1) is 20.3. The second-order valence-corrected chi connectivity index (χ2v) is 8.45. The van der Waals surface area contributed by atoms with E-state index >= 15 is 0 Å². The summed E-state index contributed by atoms with van der Waals surface area (Å²) >= 11 is 1.59. The van der Waals surface area contributed by atoms with E-state index in [-0.39, 0.29) is 18.5 Å². The smallest absolute Gasteiger partial charge is 0.312 e. The first-order chi connectivity index (χ1) is 14.5. The molecule has 0 N–H and O–H groups in total. The molecule has 0 radical (unpaired) electrons. The zero-order valence-electron chi connectivity index (χ0n) is 17.1. The number of hydrogen-bond acceptors (Lipinski definition) is 5. The molecular weight excluding hydrogens is 400 g/mol. The fourth-order valence-corrected chi connectivity index (χ4v) is 4.50. The van der Waals surface area contributed by atoms with E-state index in [0.29, 0.717) is 26.1 Å². The van der Waals surface area contributed by atoms with Gasteiger partial charge in [-0.1, -0.05) is 35.9 Å². The van der Waals surface area contributed by atoms with Crippen molar-refractivity contribution >= 4 is 34.8 Å². The first-order valence-corrected chi connectivity index (χ1v) is 10.9. The predicted octanol–water partition coefficient (Wildman–Crippen LogP) is 2.42. The number of nitrogens with zero attached hydrogens (tertiary/aromatic N) is 4. The topological polar surface area (TPSA) is 73.3 Å². The molecule has 2 aromatic rings. The second kappa shape index (κ2) is 8.39. The number of piperazine rings is 1. The molecule has 2 aliphatic heterocycles. The summed E-state index contributed by atoms with van der Waals surface area (Å²) in [6, 6.07) is 11.8. The molecule has 4 rings (SSSR count). The van der Waals surface area contributed by atoms with E-state index in [1.54, 1.807) is 11.3 Å². The summed E-state index contributed by atoms with van der Waals surface area (Å²) in [6.45, 7) is 5.00. The lowest BCUT2D eigenvalue weighted by Crippen LogP contribution is -2.56. The summed E-state index contributed by atoms with van der Waals surface area (Å²) in [5.41, 5.74) is 3.01. The van der Waals surface area contributed by atoms with Crippen molar-refractivity contribution in [2.24, 2.45) is 5.10 Å². The largest absolute Gasteiger partial charge is 0.333 e. The van der Waals surface area contributed by atoms with Crippen LogP contribution in [0.25, 0.3) is 0 Å². The highest BCUT2D eigenvalue weighted by molar-refractivity contribution is 7.12. The van der Waals surface area contributed by atoms with Gasteiger partial charge in [0, 0.05) is 26.1 Å². The molecule has 3 amide bonds. The molecule has 3 heterocycles. The number of carbonyl (C=O) groups excluding carboxylic acids is 3. The Bertz CT molecular complexity index is 984. The summed E-state index contributed by atoms with van der Waals surface area (Å²) in [7, 11) is 0. The summed E-state index contributed by atoms with van der Waals surface area (Å²) in [4.78, 5) is 41.6. The molecule has 30 heavy (non-hydrogen) atoms. The molecule has 156 valence electrons. The van der Waals surface area contributed by atoms with Crippen molar-refractivity contribution < 1.29 is 14.4 Å². The highest BCUT2D eigenvalue weighted by atomic mass is 32.1. The van der Waals surface area contributed by atoms with Gasteiger partial charge in [-0.25, -0.2) is 5.01 Å². The first-order valence-electron chi connectivity index (χ1n) is 10.1. The highest BCUT2D eigenvalue weighted by Crippen LogP contribution is 2.34. The van der Waals surface area contributed by atoms with E-state index in [4.69, 9.17) is 0 Å². The highest BCUT2D eigenvalue weighted by Gasteiger charge is 2.37. The van der Waals surface area contributed by atoms with E-state index in [1.807, 2.05) is 55.6 Å². The van der Waals surface area contributed by atoms with Crippen LogP contribution in [0.3, 0.4) is 0 Å². The summed E-state index contributed by atoms with van der Waals surface area (Å²) in [5.74, 6) is -1.45. The molecule has 1 atom stereocenters. The fraction of sp³-hybridized carbons (Fsp3) is 0.364. The van der Waals surface area contributed by atoms with Gasteiger partial charge in [0.05, 0.1) is 16.6 Å². The Balaban J connectivity index is 1.56. The lowest BCUT2D eigenvalue weighted by molar-refractivity contribution is -0.157. The quantitative estimate of drug-likeness (QED) is 0.692. The molecular formula is C22H24N4O3S. The third-order valence-corrected chi connectivity index (χ3v) is 6.46. The van der Waals surface area contributed by atoms with E-state index in [9.17, 15) is 14.4 Å². The molecule has 8 heteroatoms. The average molecular weight is 425 g/mol. The molecule has 0 saturated carbocycles. The minimum absolute atomic E-state index is 0.147. The van der Waals surface area contributed by atoms with Gasteiger partial charge in [0.2, 0.25) is 0 Å². The number of hydrazone groups is 1. The Hall–Kier alpha value is -3.00. The molecule has 2 aliphatic rings. The van der Waals surface area contributed by atoms with Crippen LogP contribution in [0.15, 0.2) is 46.9 Å². The average Bonchev–Trinajstić information content (AvgIpc) is 3.42. The van der Waals surface area contributed by atoms with Gasteiger partial charge in [-0.3, -0.25) is 14.4 Å². The Morgan fingerprint density at radius 3 is 2.47 bits per heavy atom. The number of likely N-dealkylation sites (N-methyl/N-ethyl adjacent to an activating group) is 1. The van der Waals surface area contributed by atoms with Crippen LogP contribution in [0.2, 0.25) is 0 Å². The van der Waals surface area contributed by atoms with Crippen LogP contribution in [-0.4, -0.2) is 64.4 Å². The molecule has 0 bridgehead atoms. The van der Waals surface area contributed by atoms with Gasteiger partial charge in [-0.05, 0) is 30.9 Å². The third kappa shape index (κ3) is 3.87. The maximum absolute atomic E-state index is 13.2. The minimum Gasteiger partial charge on any atom is -0.333 e. The van der Waals surface area contributed by atoms with Crippen molar-refractivity contribution in [3.63, 3.8) is 0 Å². The number of carbonyl (C=O) groups is 3. The number of thiophene rings is 1. The van der Waals surface area contributed by atoms with Crippen LogP contribution >= 0.6 is 11.3 Å². The van der Waals surface area contributed by atoms with Crippen LogP contribution in [0.1, 0.15) is 35.4 Å². The van der Waals surface area contributed by atoms with Crippen molar-refractivity contribution in [1.82, 2.24) is 14.8 Å². The maximum Gasteiger partial charge on any atom is 0.312 e. The lowest BCUT2D eigenvalue weighted by atomic mass is 10.00. The maximum atomic E-state index is 13.2. The van der Waals surface area contributed by atoms with Crippen molar-refractivity contribution in [2.75, 3.05) is 26.2 Å². The van der Waals surface area contributed by atoms with Gasteiger partial charge >= 0.3 is 11.8 Å². The Labute approximate surface area is 179 Å². The standard InChI is InChI=1S/C22H24N4O3S/c1-3-24-10-11-25(22(29)21(24)28)14-20(27)26-18(16-8-6-15(2)7-9-16)13-17(23-26)19-5-4-12-30-19/h4-9,12,18H,3,10-11,13-14H2,1-2H3/t18-/m0/s1. The van der Waals surface area contributed by atoms with Crippen molar-refractivity contribution in [1.29, 1.82) is 0 Å². The van der Waals surface area contributed by atoms with Crippen LogP contribution in [0.4, 0.5) is 0 Å². The Kier molecular flexibility index (Phi) is 5.67. The predicted molar refractivity (Wildman–Crippen MR) is 115 cm³/mol. The van der Waals surface area contributed by atoms with E-state index < -0.39 is 11.8 Å². The number of rotatable bonds is 5. The molecule has 0 unspecified atom stereocenters. The Morgan fingerprint density at radius 2 is 1.80 bits per heavy atom. The summed E-state index contributed by atoms with van der Waals surface area (Å²) in [5, 5.41) is 8.11. The molecule has 1 aromatic heterocycles. The zero-order chi connectivity index (χ0) is 21.3. The van der Waals surface area contributed by atoms with Crippen molar-refractivity contribution in [3.8, 4) is 0 Å². The SMILES string of the molecule is CCN1CCN(CC(=O)N2N=C(c3cccs3)C[C@H]2c2ccc(C)cc2)C(=O)C1=O. The number of hydrogen-bond donors (Lipinski definition) is 0. The number of amides is 3. The zero-order valence-corrected chi connectivity index (χ0v) is 17.9. The number of benzene rings is 1. The van der Waals surface area contributed by atoms with Gasteiger partial charge in [0.25, 0.3) is 5.91 Å². The van der Waals surface area contributed by atoms with E-state index in [2.05, 4.69) is 5.10 Å². The van der Waals surface area contributed by atoms with Crippen LogP contribution in [0, 0.1) is 6.92 Å². The summed E-state index contributed by atoms with van der Waals surface area (Å²) in [6.07, 6.45) is 0.617. The molecule has 0 aliphatic carbocycles. The van der Waals surface area contributed by atoms with Crippen LogP contribution in [-0.2, 0) is 14.4 Å². The Morgan fingerprint density at radius 1 is 1.10 bits per heavy atom. The second-order valence-electron chi connectivity index (χ2n) is 7.50. The van der Waals surface area contributed by atoms with Gasteiger partial charge in [0.15, 0.2) is 0 Å². The third-order valence-electron chi connectivity index (χ3n) is 5.54. The van der Waals surface area contributed by atoms with E-state index in [0.717, 1.165) is 21.7 Å². The molecule has 7 nitrogen and oxygen atoms in total. The van der Waals surface area contributed by atoms with Gasteiger partial charge < -0.3 is 9.80 Å². The van der Waals surface area contributed by atoms with Gasteiger partial charge in [0.1, 0.15) is 6.54 Å². The fourth-order valence-electron chi connectivity index (χ4n) is 3.78. The van der Waals surface area contributed by atoms with E-state index in [1.165, 1.54) is 14.8 Å². The minimum atomic E-state index is -0.620. The molecule has 1 fully saturated rings. The van der Waals surface area contributed by atoms with Crippen LogP contribution < -0.4 is 0 Å². The molecule has 1 aromatic carbocycles.